The second-order valence-electron chi connectivity index (χ2n) is 6.97. The number of nitrogens with zero attached hydrogens (tertiary/aromatic N) is 3. The van der Waals surface area contributed by atoms with E-state index >= 15 is 0 Å². The molecule has 1 unspecified atom stereocenters. The number of ether oxygens (including phenoxy) is 2. The minimum Gasteiger partial charge on any atom is -0.466 e. The Morgan fingerprint density at radius 3 is 2.57 bits per heavy atom. The van der Waals surface area contributed by atoms with Gasteiger partial charge in [0, 0.05) is 17.9 Å². The fourth-order valence-corrected chi connectivity index (χ4v) is 3.08. The van der Waals surface area contributed by atoms with Crippen molar-refractivity contribution in [1.82, 2.24) is 5.32 Å². The van der Waals surface area contributed by atoms with Gasteiger partial charge in [0.15, 0.2) is 0 Å². The molecule has 0 aliphatic heterocycles. The van der Waals surface area contributed by atoms with Crippen LogP contribution in [0.25, 0.3) is 21.2 Å². The monoisotopic (exact) mass is 412 g/mol. The lowest BCUT2D eigenvalue weighted by Crippen LogP contribution is -2.43. The van der Waals surface area contributed by atoms with Crippen LogP contribution in [-0.4, -0.2) is 31.8 Å². The lowest BCUT2D eigenvalue weighted by molar-refractivity contribution is -0.163. The number of amides is 1. The minimum atomic E-state index is -1.17. The predicted molar refractivity (Wildman–Crippen MR) is 114 cm³/mol. The van der Waals surface area contributed by atoms with Gasteiger partial charge in [0.2, 0.25) is 12.1 Å². The summed E-state index contributed by atoms with van der Waals surface area (Å²) in [5.74, 6) is -0.920. The Morgan fingerprint density at radius 2 is 1.83 bits per heavy atom. The molecule has 8 nitrogen and oxygen atoms in total. The molecule has 2 atom stereocenters. The molecule has 0 radical (unpaired) electrons. The summed E-state index contributed by atoms with van der Waals surface area (Å²) in [7, 11) is 1.26. The van der Waals surface area contributed by atoms with Gasteiger partial charge in [-0.3, -0.25) is 4.79 Å². The highest BCUT2D eigenvalue weighted by molar-refractivity contribution is 5.84. The van der Waals surface area contributed by atoms with Crippen LogP contribution in [0.1, 0.15) is 50.7 Å². The molecular formula is C22H28N4O4. The van der Waals surface area contributed by atoms with Crippen LogP contribution in [0.15, 0.2) is 47.6 Å². The third kappa shape index (κ3) is 7.39. The van der Waals surface area contributed by atoms with Crippen molar-refractivity contribution in [3.63, 3.8) is 0 Å². The van der Waals surface area contributed by atoms with E-state index in [9.17, 15) is 9.59 Å². The maximum atomic E-state index is 12.2. The lowest BCUT2D eigenvalue weighted by atomic mass is 10.0. The molecule has 2 rings (SSSR count). The van der Waals surface area contributed by atoms with E-state index in [1.165, 1.54) is 7.11 Å². The third-order valence-corrected chi connectivity index (χ3v) is 4.77. The number of unbranched alkanes of at least 4 members (excludes halogenated alkanes) is 3. The number of carbonyl (C=O) groups excluding carboxylic acids is 2. The van der Waals surface area contributed by atoms with Crippen LogP contribution < -0.4 is 5.32 Å². The second kappa shape index (κ2) is 12.5. The van der Waals surface area contributed by atoms with Gasteiger partial charge in [0.25, 0.3) is 0 Å². The number of fused-ring (bicyclic) bond motifs is 1. The van der Waals surface area contributed by atoms with E-state index in [0.717, 1.165) is 35.6 Å². The summed E-state index contributed by atoms with van der Waals surface area (Å²) < 4.78 is 10.6. The molecular weight excluding hydrogens is 384 g/mol. The first kappa shape index (κ1) is 23.2. The predicted octanol–water partition coefficient (Wildman–Crippen LogP) is 4.79. The fraction of sp³-hybridized carbons (Fsp3) is 0.455. The lowest BCUT2D eigenvalue weighted by Gasteiger charge is -2.22. The van der Waals surface area contributed by atoms with Crippen LogP contribution >= 0.6 is 0 Å². The van der Waals surface area contributed by atoms with E-state index in [0.29, 0.717) is 13.0 Å². The summed E-state index contributed by atoms with van der Waals surface area (Å²) in [5.41, 5.74) is 9.13. The molecule has 1 amide bonds. The smallest absolute Gasteiger partial charge is 0.356 e. The number of hydrogen-bond donors (Lipinski definition) is 1. The maximum Gasteiger partial charge on any atom is 0.356 e. The molecule has 0 aliphatic rings. The summed E-state index contributed by atoms with van der Waals surface area (Å²) in [5, 5.41) is 8.28. The Labute approximate surface area is 176 Å². The summed E-state index contributed by atoms with van der Waals surface area (Å²) >= 11 is 0. The van der Waals surface area contributed by atoms with Gasteiger partial charge in [-0.15, -0.1) is 0 Å². The zero-order chi connectivity index (χ0) is 21.8. The summed E-state index contributed by atoms with van der Waals surface area (Å²) in [6, 6.07) is 13.9. The van der Waals surface area contributed by atoms with E-state index in [1.807, 2.05) is 49.4 Å². The molecule has 2 aromatic carbocycles. The van der Waals surface area contributed by atoms with Gasteiger partial charge in [-0.2, -0.15) is 0 Å². The SMILES string of the molecule is COC(=O)C(NC(=O)CCCCCCN=[N+]=[N-])O[C@@H](C)c1ccc2ccccc2c1. The molecule has 160 valence electrons. The first-order valence-corrected chi connectivity index (χ1v) is 10.1. The second-order valence-corrected chi connectivity index (χ2v) is 6.97. The number of azide groups is 1. The Bertz CT molecular complexity index is 896. The minimum absolute atomic E-state index is 0.272. The number of esters is 1. The van der Waals surface area contributed by atoms with Gasteiger partial charge in [0.1, 0.15) is 0 Å². The van der Waals surface area contributed by atoms with Crippen LogP contribution in [-0.2, 0) is 19.1 Å². The van der Waals surface area contributed by atoms with Crippen LogP contribution in [0.3, 0.4) is 0 Å². The highest BCUT2D eigenvalue weighted by Gasteiger charge is 2.25. The average molecular weight is 412 g/mol. The summed E-state index contributed by atoms with van der Waals surface area (Å²) in [4.78, 5) is 27.0. The topological polar surface area (TPSA) is 113 Å². The Hall–Kier alpha value is -3.09. The number of nitrogens with one attached hydrogen (secondary N) is 1. The molecule has 8 heteroatoms. The van der Waals surface area contributed by atoms with Gasteiger partial charge in [0.05, 0.1) is 13.2 Å². The summed E-state index contributed by atoms with van der Waals surface area (Å²) in [6.07, 6.45) is 1.88. The van der Waals surface area contributed by atoms with Crippen molar-refractivity contribution in [2.24, 2.45) is 5.11 Å². The van der Waals surface area contributed by atoms with Crippen LogP contribution in [0.4, 0.5) is 0 Å². The first-order chi connectivity index (χ1) is 14.5. The van der Waals surface area contributed by atoms with Crippen LogP contribution in [0.2, 0.25) is 0 Å². The molecule has 0 aliphatic carbocycles. The molecule has 0 bridgehead atoms. The standard InChI is InChI=1S/C22H28N4O4/c1-16(18-13-12-17-9-6-7-10-19(17)15-18)30-21(22(28)29-2)25-20(27)11-5-3-4-8-14-24-26-23/h6-7,9-10,12-13,15-16,21H,3-5,8,11,14H2,1-2H3,(H,25,27)/t16-,21?/m0/s1. The van der Waals surface area contributed by atoms with Gasteiger partial charge >= 0.3 is 5.97 Å². The average Bonchev–Trinajstić information content (AvgIpc) is 2.77. The normalized spacial score (nSPS) is 12.6. The Balaban J connectivity index is 1.88. The van der Waals surface area contributed by atoms with Crippen LogP contribution in [0, 0.1) is 0 Å². The molecule has 2 aromatic rings. The molecule has 30 heavy (non-hydrogen) atoms. The highest BCUT2D eigenvalue weighted by atomic mass is 16.6. The Kier molecular flexibility index (Phi) is 9.64. The van der Waals surface area contributed by atoms with Crippen molar-refractivity contribution < 1.29 is 19.1 Å². The zero-order valence-electron chi connectivity index (χ0n) is 17.4. The quantitative estimate of drug-likeness (QED) is 0.135. The fourth-order valence-electron chi connectivity index (χ4n) is 3.08. The molecule has 0 saturated carbocycles. The van der Waals surface area contributed by atoms with Crippen molar-refractivity contribution in [3.05, 3.63) is 58.5 Å². The molecule has 0 spiro atoms. The van der Waals surface area contributed by atoms with Crippen molar-refractivity contribution in [3.8, 4) is 0 Å². The molecule has 0 aromatic heterocycles. The van der Waals surface area contributed by atoms with E-state index in [4.69, 9.17) is 15.0 Å². The number of benzene rings is 2. The number of carbonyl (C=O) groups is 2. The van der Waals surface area contributed by atoms with Gasteiger partial charge < -0.3 is 14.8 Å². The van der Waals surface area contributed by atoms with Crippen LogP contribution in [0.5, 0.6) is 0 Å². The summed E-state index contributed by atoms with van der Waals surface area (Å²) in [6.45, 7) is 2.30. The van der Waals surface area contributed by atoms with Gasteiger partial charge in [-0.25, -0.2) is 4.79 Å². The van der Waals surface area contributed by atoms with Gasteiger partial charge in [-0.05, 0) is 47.7 Å². The number of methoxy groups -OCH3 is 1. The van der Waals surface area contributed by atoms with E-state index in [2.05, 4.69) is 15.3 Å². The molecule has 0 heterocycles. The molecule has 0 fully saturated rings. The maximum absolute atomic E-state index is 12.2. The van der Waals surface area contributed by atoms with E-state index in [1.54, 1.807) is 0 Å². The number of rotatable bonds is 12. The van der Waals surface area contributed by atoms with Gasteiger partial charge in [-0.1, -0.05) is 54.4 Å². The highest BCUT2D eigenvalue weighted by Crippen LogP contribution is 2.23. The van der Waals surface area contributed by atoms with E-state index in [-0.39, 0.29) is 12.3 Å². The molecule has 1 N–H and O–H groups in total. The van der Waals surface area contributed by atoms with Crippen molar-refractivity contribution in [2.75, 3.05) is 13.7 Å². The van der Waals surface area contributed by atoms with Crippen molar-refractivity contribution >= 4 is 22.6 Å². The largest absolute Gasteiger partial charge is 0.466 e. The number of hydrogen-bond acceptors (Lipinski definition) is 5. The van der Waals surface area contributed by atoms with Crippen molar-refractivity contribution in [2.45, 2.75) is 51.4 Å². The third-order valence-electron chi connectivity index (χ3n) is 4.77. The molecule has 0 saturated heterocycles. The van der Waals surface area contributed by atoms with Crippen molar-refractivity contribution in [1.29, 1.82) is 0 Å². The first-order valence-electron chi connectivity index (χ1n) is 10.1. The zero-order valence-corrected chi connectivity index (χ0v) is 17.4. The Morgan fingerprint density at radius 1 is 1.10 bits per heavy atom. The van der Waals surface area contributed by atoms with E-state index < -0.39 is 18.3 Å².